The van der Waals surface area contributed by atoms with Crippen LogP contribution in [-0.4, -0.2) is 86.0 Å². The number of aliphatic imine (C=N–C) groups is 1. The predicted molar refractivity (Wildman–Crippen MR) is 133 cm³/mol. The maximum Gasteiger partial charge on any atom is 0.236 e. The molecule has 0 aliphatic carbocycles. The molecule has 2 aliphatic heterocycles. The molecule has 1 N–H and O–H groups in total. The van der Waals surface area contributed by atoms with E-state index >= 15 is 0 Å². The van der Waals surface area contributed by atoms with Gasteiger partial charge in [0.2, 0.25) is 5.91 Å². The SMILES string of the molecule is CN=C(NCC(C)c1cccs1)N1CCN(CC(=O)N2CCCCCC2)CC1.I. The molecule has 8 heteroatoms. The fourth-order valence-electron chi connectivity index (χ4n) is 3.98. The average molecular weight is 534 g/mol. The molecule has 1 aromatic heterocycles. The molecule has 6 nitrogen and oxygen atoms in total. The first-order chi connectivity index (χ1) is 13.7. The molecule has 3 rings (SSSR count). The van der Waals surface area contributed by atoms with E-state index in [1.807, 2.05) is 18.4 Å². The molecule has 164 valence electrons. The molecule has 2 saturated heterocycles. The second kappa shape index (κ2) is 12.7. The minimum absolute atomic E-state index is 0. The summed E-state index contributed by atoms with van der Waals surface area (Å²) in [6.45, 7) is 9.26. The Morgan fingerprint density at radius 1 is 1.10 bits per heavy atom. The minimum Gasteiger partial charge on any atom is -0.356 e. The van der Waals surface area contributed by atoms with Crippen molar-refractivity contribution in [3.05, 3.63) is 22.4 Å². The molecule has 1 unspecified atom stereocenters. The zero-order valence-corrected chi connectivity index (χ0v) is 21.0. The van der Waals surface area contributed by atoms with Gasteiger partial charge in [0, 0.05) is 63.7 Å². The van der Waals surface area contributed by atoms with Crippen LogP contribution in [-0.2, 0) is 4.79 Å². The van der Waals surface area contributed by atoms with Crippen LogP contribution in [0.1, 0.15) is 43.4 Å². The third-order valence-electron chi connectivity index (χ3n) is 5.80. The molecule has 0 saturated carbocycles. The minimum atomic E-state index is 0. The monoisotopic (exact) mass is 533 g/mol. The predicted octanol–water partition coefficient (Wildman–Crippen LogP) is 3.07. The second-order valence-electron chi connectivity index (χ2n) is 7.90. The average Bonchev–Trinajstić information content (AvgIpc) is 3.12. The number of carbonyl (C=O) groups excluding carboxylic acids is 1. The number of amides is 1. The molecule has 0 aromatic carbocycles. The summed E-state index contributed by atoms with van der Waals surface area (Å²) in [4.78, 5) is 25.2. The quantitative estimate of drug-likeness (QED) is 0.359. The Bertz CT molecular complexity index is 623. The maximum atomic E-state index is 12.6. The number of hydrogen-bond donors (Lipinski definition) is 1. The molecule has 0 bridgehead atoms. The van der Waals surface area contributed by atoms with Gasteiger partial charge in [-0.2, -0.15) is 0 Å². The number of thiophene rings is 1. The zero-order valence-electron chi connectivity index (χ0n) is 17.8. The van der Waals surface area contributed by atoms with E-state index in [4.69, 9.17) is 0 Å². The first-order valence-electron chi connectivity index (χ1n) is 10.7. The standard InChI is InChI=1S/C21H35N5OS.HI/c1-18(19-8-7-15-28-19)16-23-21(22-2)26-13-11-24(12-14-26)17-20(27)25-9-5-3-4-6-10-25;/h7-8,15,18H,3-6,9-14,16-17H2,1-2H3,(H,22,23);1H. The fraction of sp³-hybridized carbons (Fsp3) is 0.714. The van der Waals surface area contributed by atoms with Crippen LogP contribution in [0, 0.1) is 0 Å². The third kappa shape index (κ3) is 7.40. The van der Waals surface area contributed by atoms with Crippen molar-refractivity contribution in [1.29, 1.82) is 0 Å². The van der Waals surface area contributed by atoms with Crippen LogP contribution in [0.5, 0.6) is 0 Å². The molecule has 3 heterocycles. The summed E-state index contributed by atoms with van der Waals surface area (Å²) in [5, 5.41) is 5.66. The van der Waals surface area contributed by atoms with Gasteiger partial charge in [0.15, 0.2) is 5.96 Å². The highest BCUT2D eigenvalue weighted by Crippen LogP contribution is 2.19. The fourth-order valence-corrected chi connectivity index (χ4v) is 4.77. The molecule has 0 spiro atoms. The van der Waals surface area contributed by atoms with Gasteiger partial charge < -0.3 is 15.1 Å². The summed E-state index contributed by atoms with van der Waals surface area (Å²) < 4.78 is 0. The van der Waals surface area contributed by atoms with Crippen molar-refractivity contribution >= 4 is 47.2 Å². The second-order valence-corrected chi connectivity index (χ2v) is 8.88. The molecule has 1 amide bonds. The Morgan fingerprint density at radius 2 is 1.79 bits per heavy atom. The number of halogens is 1. The number of likely N-dealkylation sites (tertiary alicyclic amines) is 1. The van der Waals surface area contributed by atoms with Gasteiger partial charge >= 0.3 is 0 Å². The third-order valence-corrected chi connectivity index (χ3v) is 6.90. The Balaban J connectivity index is 0.00000300. The Hall–Kier alpha value is -0.870. The van der Waals surface area contributed by atoms with Crippen molar-refractivity contribution in [3.63, 3.8) is 0 Å². The number of carbonyl (C=O) groups is 1. The van der Waals surface area contributed by atoms with Crippen molar-refractivity contribution in [2.24, 2.45) is 4.99 Å². The van der Waals surface area contributed by atoms with Gasteiger partial charge in [-0.05, 0) is 24.3 Å². The van der Waals surface area contributed by atoms with Crippen LogP contribution < -0.4 is 5.32 Å². The van der Waals surface area contributed by atoms with E-state index < -0.39 is 0 Å². The zero-order chi connectivity index (χ0) is 19.8. The van der Waals surface area contributed by atoms with Crippen molar-refractivity contribution in [2.75, 3.05) is 59.4 Å². The van der Waals surface area contributed by atoms with Crippen LogP contribution >= 0.6 is 35.3 Å². The highest BCUT2D eigenvalue weighted by Gasteiger charge is 2.24. The number of piperazine rings is 1. The number of hydrogen-bond acceptors (Lipinski definition) is 4. The molecular weight excluding hydrogens is 497 g/mol. The summed E-state index contributed by atoms with van der Waals surface area (Å²) in [7, 11) is 1.85. The summed E-state index contributed by atoms with van der Waals surface area (Å²) in [5.41, 5.74) is 0. The smallest absolute Gasteiger partial charge is 0.236 e. The number of nitrogens with one attached hydrogen (secondary N) is 1. The van der Waals surface area contributed by atoms with Crippen molar-refractivity contribution in [2.45, 2.75) is 38.5 Å². The molecule has 29 heavy (non-hydrogen) atoms. The van der Waals surface area contributed by atoms with E-state index in [0.29, 0.717) is 18.4 Å². The van der Waals surface area contributed by atoms with Crippen LogP contribution in [0.2, 0.25) is 0 Å². The summed E-state index contributed by atoms with van der Waals surface area (Å²) >= 11 is 1.81. The van der Waals surface area contributed by atoms with Gasteiger partial charge in [0.05, 0.1) is 6.54 Å². The van der Waals surface area contributed by atoms with Gasteiger partial charge in [-0.25, -0.2) is 0 Å². The highest BCUT2D eigenvalue weighted by atomic mass is 127. The lowest BCUT2D eigenvalue weighted by Gasteiger charge is -2.37. The Morgan fingerprint density at radius 3 is 2.38 bits per heavy atom. The lowest BCUT2D eigenvalue weighted by molar-refractivity contribution is -0.132. The normalized spacial score (nSPS) is 20.0. The lowest BCUT2D eigenvalue weighted by Crippen LogP contribution is -2.54. The summed E-state index contributed by atoms with van der Waals surface area (Å²) in [6, 6.07) is 4.30. The largest absolute Gasteiger partial charge is 0.356 e. The van der Waals surface area contributed by atoms with Gasteiger partial charge in [0.25, 0.3) is 0 Å². The molecule has 2 aliphatic rings. The number of rotatable bonds is 5. The maximum absolute atomic E-state index is 12.6. The van der Waals surface area contributed by atoms with Gasteiger partial charge in [-0.1, -0.05) is 25.8 Å². The van der Waals surface area contributed by atoms with E-state index in [1.165, 1.54) is 17.7 Å². The summed E-state index contributed by atoms with van der Waals surface area (Å²) in [5.74, 6) is 1.76. The first-order valence-corrected chi connectivity index (χ1v) is 11.5. The van der Waals surface area contributed by atoms with Crippen LogP contribution in [0.15, 0.2) is 22.5 Å². The molecule has 0 radical (unpaired) electrons. The van der Waals surface area contributed by atoms with Crippen molar-refractivity contribution in [3.8, 4) is 0 Å². The van der Waals surface area contributed by atoms with E-state index in [2.05, 4.69) is 49.4 Å². The first kappa shape index (κ1) is 24.4. The van der Waals surface area contributed by atoms with Crippen molar-refractivity contribution < 1.29 is 4.79 Å². The van der Waals surface area contributed by atoms with E-state index in [0.717, 1.165) is 64.6 Å². The van der Waals surface area contributed by atoms with Crippen LogP contribution in [0.4, 0.5) is 0 Å². The van der Waals surface area contributed by atoms with Crippen LogP contribution in [0.3, 0.4) is 0 Å². The number of nitrogens with zero attached hydrogens (tertiary/aromatic N) is 4. The highest BCUT2D eigenvalue weighted by molar-refractivity contribution is 14.0. The Kier molecular flexibility index (Phi) is 10.7. The van der Waals surface area contributed by atoms with Crippen LogP contribution in [0.25, 0.3) is 0 Å². The number of guanidine groups is 1. The van der Waals surface area contributed by atoms with Crippen molar-refractivity contribution in [1.82, 2.24) is 20.0 Å². The molecular formula is C21H36IN5OS. The van der Waals surface area contributed by atoms with Gasteiger partial charge in [-0.3, -0.25) is 14.7 Å². The van der Waals surface area contributed by atoms with Gasteiger partial charge in [-0.15, -0.1) is 35.3 Å². The lowest BCUT2D eigenvalue weighted by atomic mass is 10.1. The molecule has 1 atom stereocenters. The van der Waals surface area contributed by atoms with E-state index in [1.54, 1.807) is 0 Å². The van der Waals surface area contributed by atoms with E-state index in [9.17, 15) is 4.79 Å². The van der Waals surface area contributed by atoms with Gasteiger partial charge in [0.1, 0.15) is 0 Å². The van der Waals surface area contributed by atoms with E-state index in [-0.39, 0.29) is 24.0 Å². The molecule has 2 fully saturated rings. The summed E-state index contributed by atoms with van der Waals surface area (Å²) in [6.07, 6.45) is 4.84. The topological polar surface area (TPSA) is 51.2 Å². The molecule has 1 aromatic rings. The Labute approximate surface area is 196 Å².